The molecule has 3 heteroatoms. The van der Waals surface area contributed by atoms with Crippen molar-refractivity contribution in [3.63, 3.8) is 0 Å². The molecule has 12 heavy (non-hydrogen) atoms. The van der Waals surface area contributed by atoms with Crippen LogP contribution in [0.1, 0.15) is 6.92 Å². The van der Waals surface area contributed by atoms with Crippen molar-refractivity contribution < 1.29 is 5.11 Å². The molecule has 0 saturated heterocycles. The Morgan fingerprint density at radius 1 is 1.50 bits per heavy atom. The summed E-state index contributed by atoms with van der Waals surface area (Å²) in [5.74, 6) is 0.142. The van der Waals surface area contributed by atoms with Gasteiger partial charge < -0.3 is 15.7 Å². The first kappa shape index (κ1) is 8.71. The van der Waals surface area contributed by atoms with Crippen LogP contribution in [0.2, 0.25) is 0 Å². The van der Waals surface area contributed by atoms with Gasteiger partial charge in [-0.2, -0.15) is 0 Å². The lowest BCUT2D eigenvalue weighted by Crippen LogP contribution is -2.15. The lowest BCUT2D eigenvalue weighted by atomic mass is 10.2. The van der Waals surface area contributed by atoms with Gasteiger partial charge in [-0.3, -0.25) is 0 Å². The fraction of sp³-hybridized carbons (Fsp3) is 0.333. The van der Waals surface area contributed by atoms with E-state index in [4.69, 9.17) is 10.8 Å². The van der Waals surface area contributed by atoms with E-state index in [1.807, 2.05) is 13.1 Å². The molecular weight excluding hydrogens is 152 g/mol. The van der Waals surface area contributed by atoms with Gasteiger partial charge in [0, 0.05) is 19.3 Å². The van der Waals surface area contributed by atoms with Crippen LogP contribution in [0.3, 0.4) is 0 Å². The van der Waals surface area contributed by atoms with E-state index in [1.165, 1.54) is 0 Å². The molecule has 1 rings (SSSR count). The summed E-state index contributed by atoms with van der Waals surface area (Å²) in [6, 6.07) is 5.21. The minimum absolute atomic E-state index is 0.142. The minimum Gasteiger partial charge on any atom is -0.506 e. The standard InChI is InChI=1S/C9H14N2O/c1-3-11(2)7-4-5-9(12)8(10)6-7/h4-6,12H,3,10H2,1-2H3. The molecule has 1 aromatic rings. The second-order valence-electron chi connectivity index (χ2n) is 2.76. The van der Waals surface area contributed by atoms with E-state index in [-0.39, 0.29) is 5.75 Å². The molecule has 0 fully saturated rings. The Balaban J connectivity index is 2.96. The minimum atomic E-state index is 0.142. The van der Waals surface area contributed by atoms with Crippen LogP contribution in [-0.2, 0) is 0 Å². The molecular formula is C9H14N2O. The molecule has 0 atom stereocenters. The summed E-state index contributed by atoms with van der Waals surface area (Å²) >= 11 is 0. The topological polar surface area (TPSA) is 49.5 Å². The van der Waals surface area contributed by atoms with Crippen molar-refractivity contribution in [1.29, 1.82) is 0 Å². The van der Waals surface area contributed by atoms with Gasteiger partial charge in [-0.15, -0.1) is 0 Å². The highest BCUT2D eigenvalue weighted by Crippen LogP contribution is 2.24. The van der Waals surface area contributed by atoms with Crippen molar-refractivity contribution in [3.8, 4) is 5.75 Å². The molecule has 0 heterocycles. The SMILES string of the molecule is CCN(C)c1ccc(O)c(N)c1. The third-order valence-electron chi connectivity index (χ3n) is 1.93. The van der Waals surface area contributed by atoms with E-state index >= 15 is 0 Å². The molecule has 3 nitrogen and oxygen atoms in total. The van der Waals surface area contributed by atoms with Crippen molar-refractivity contribution in [1.82, 2.24) is 0 Å². The molecule has 0 aliphatic carbocycles. The molecule has 0 aliphatic heterocycles. The second kappa shape index (κ2) is 3.34. The Kier molecular flexibility index (Phi) is 2.43. The van der Waals surface area contributed by atoms with E-state index in [2.05, 4.69) is 11.8 Å². The highest BCUT2D eigenvalue weighted by molar-refractivity contribution is 5.62. The summed E-state index contributed by atoms with van der Waals surface area (Å²) in [7, 11) is 1.98. The average molecular weight is 166 g/mol. The molecule has 0 radical (unpaired) electrons. The van der Waals surface area contributed by atoms with Crippen LogP contribution in [0.25, 0.3) is 0 Å². The van der Waals surface area contributed by atoms with E-state index in [0.717, 1.165) is 12.2 Å². The molecule has 66 valence electrons. The van der Waals surface area contributed by atoms with Crippen LogP contribution in [0, 0.1) is 0 Å². The molecule has 0 aliphatic rings. The summed E-state index contributed by atoms with van der Waals surface area (Å²) in [4.78, 5) is 2.05. The number of benzene rings is 1. The smallest absolute Gasteiger partial charge is 0.138 e. The summed E-state index contributed by atoms with van der Waals surface area (Å²) in [6.07, 6.45) is 0. The first-order valence-electron chi connectivity index (χ1n) is 3.94. The summed E-state index contributed by atoms with van der Waals surface area (Å²) < 4.78 is 0. The summed E-state index contributed by atoms with van der Waals surface area (Å²) in [5.41, 5.74) is 6.98. The maximum absolute atomic E-state index is 9.15. The molecule has 0 bridgehead atoms. The van der Waals surface area contributed by atoms with Gasteiger partial charge in [-0.25, -0.2) is 0 Å². The van der Waals surface area contributed by atoms with Gasteiger partial charge in [-0.05, 0) is 25.1 Å². The Bertz CT molecular complexity index is 273. The van der Waals surface area contributed by atoms with Crippen molar-refractivity contribution in [3.05, 3.63) is 18.2 Å². The number of nitrogens with two attached hydrogens (primary N) is 1. The Hall–Kier alpha value is -1.38. The number of aromatic hydroxyl groups is 1. The van der Waals surface area contributed by atoms with Gasteiger partial charge in [0.2, 0.25) is 0 Å². The third kappa shape index (κ3) is 1.61. The van der Waals surface area contributed by atoms with Gasteiger partial charge in [0.05, 0.1) is 5.69 Å². The van der Waals surface area contributed by atoms with E-state index in [0.29, 0.717) is 5.69 Å². The number of phenols is 1. The Morgan fingerprint density at radius 2 is 2.17 bits per heavy atom. The average Bonchev–Trinajstić information content (AvgIpc) is 2.08. The summed E-state index contributed by atoms with van der Waals surface area (Å²) in [6.45, 7) is 2.98. The lowest BCUT2D eigenvalue weighted by molar-refractivity contribution is 0.478. The fourth-order valence-electron chi connectivity index (χ4n) is 0.962. The fourth-order valence-corrected chi connectivity index (χ4v) is 0.962. The molecule has 0 amide bonds. The zero-order valence-corrected chi connectivity index (χ0v) is 7.41. The number of nitrogen functional groups attached to an aromatic ring is 1. The molecule has 0 saturated carbocycles. The van der Waals surface area contributed by atoms with Crippen LogP contribution in [0.5, 0.6) is 5.75 Å². The third-order valence-corrected chi connectivity index (χ3v) is 1.93. The maximum Gasteiger partial charge on any atom is 0.138 e. The normalized spacial score (nSPS) is 9.83. The summed E-state index contributed by atoms with van der Waals surface area (Å²) in [5, 5.41) is 9.15. The molecule has 0 aromatic heterocycles. The first-order chi connectivity index (χ1) is 5.65. The Morgan fingerprint density at radius 3 is 2.67 bits per heavy atom. The zero-order valence-electron chi connectivity index (χ0n) is 7.41. The van der Waals surface area contributed by atoms with E-state index in [9.17, 15) is 0 Å². The second-order valence-corrected chi connectivity index (χ2v) is 2.76. The predicted octanol–water partition coefficient (Wildman–Crippen LogP) is 1.43. The Labute approximate surface area is 72.4 Å². The van der Waals surface area contributed by atoms with Crippen LogP contribution in [-0.4, -0.2) is 18.7 Å². The monoisotopic (exact) mass is 166 g/mol. The number of nitrogens with zero attached hydrogens (tertiary/aromatic N) is 1. The van der Waals surface area contributed by atoms with E-state index in [1.54, 1.807) is 12.1 Å². The van der Waals surface area contributed by atoms with Gasteiger partial charge in [-0.1, -0.05) is 0 Å². The highest BCUT2D eigenvalue weighted by atomic mass is 16.3. The van der Waals surface area contributed by atoms with E-state index < -0.39 is 0 Å². The van der Waals surface area contributed by atoms with Crippen molar-refractivity contribution >= 4 is 11.4 Å². The van der Waals surface area contributed by atoms with Crippen LogP contribution >= 0.6 is 0 Å². The first-order valence-corrected chi connectivity index (χ1v) is 3.94. The van der Waals surface area contributed by atoms with Gasteiger partial charge >= 0.3 is 0 Å². The lowest BCUT2D eigenvalue weighted by Gasteiger charge is -2.17. The molecule has 1 aromatic carbocycles. The number of phenolic OH excluding ortho intramolecular Hbond substituents is 1. The number of hydrogen-bond acceptors (Lipinski definition) is 3. The highest BCUT2D eigenvalue weighted by Gasteiger charge is 2.00. The van der Waals surface area contributed by atoms with Gasteiger partial charge in [0.15, 0.2) is 0 Å². The largest absolute Gasteiger partial charge is 0.506 e. The van der Waals surface area contributed by atoms with Crippen LogP contribution < -0.4 is 10.6 Å². The van der Waals surface area contributed by atoms with Crippen LogP contribution in [0.4, 0.5) is 11.4 Å². The molecule has 0 spiro atoms. The van der Waals surface area contributed by atoms with Crippen molar-refractivity contribution in [2.24, 2.45) is 0 Å². The zero-order chi connectivity index (χ0) is 9.14. The number of hydrogen-bond donors (Lipinski definition) is 2. The van der Waals surface area contributed by atoms with Crippen molar-refractivity contribution in [2.75, 3.05) is 24.2 Å². The maximum atomic E-state index is 9.15. The number of rotatable bonds is 2. The van der Waals surface area contributed by atoms with Crippen molar-refractivity contribution in [2.45, 2.75) is 6.92 Å². The molecule has 3 N–H and O–H groups in total. The number of anilines is 2. The van der Waals surface area contributed by atoms with Crippen LogP contribution in [0.15, 0.2) is 18.2 Å². The quantitative estimate of drug-likeness (QED) is 0.516. The molecule has 0 unspecified atom stereocenters. The van der Waals surface area contributed by atoms with Gasteiger partial charge in [0.1, 0.15) is 5.75 Å². The predicted molar refractivity (Wildman–Crippen MR) is 51.5 cm³/mol. The van der Waals surface area contributed by atoms with Gasteiger partial charge in [0.25, 0.3) is 0 Å².